The molecular formula is C20H16F2N4O3. The molecular weight excluding hydrogens is 382 g/mol. The summed E-state index contributed by atoms with van der Waals surface area (Å²) in [5, 5.41) is 5.12. The van der Waals surface area contributed by atoms with Crippen LogP contribution in [-0.2, 0) is 16.0 Å². The summed E-state index contributed by atoms with van der Waals surface area (Å²) in [7, 11) is 0. The first-order valence-corrected chi connectivity index (χ1v) is 8.51. The van der Waals surface area contributed by atoms with Gasteiger partial charge < -0.3 is 15.4 Å². The Hall–Kier alpha value is -3.88. The summed E-state index contributed by atoms with van der Waals surface area (Å²) in [6.07, 6.45) is 0.954. The molecule has 0 fully saturated rings. The largest absolute Gasteiger partial charge is 0.439 e. The Kier molecular flexibility index (Phi) is 6.08. The number of anilines is 2. The van der Waals surface area contributed by atoms with Crippen LogP contribution in [0.4, 0.5) is 20.3 Å². The van der Waals surface area contributed by atoms with E-state index in [0.29, 0.717) is 17.3 Å². The number of aromatic nitrogens is 2. The van der Waals surface area contributed by atoms with Gasteiger partial charge in [-0.15, -0.1) is 0 Å². The third-order valence-corrected chi connectivity index (χ3v) is 3.69. The lowest BCUT2D eigenvalue weighted by atomic mass is 10.1. The van der Waals surface area contributed by atoms with Crippen LogP contribution in [0, 0.1) is 11.6 Å². The van der Waals surface area contributed by atoms with Gasteiger partial charge in [0.2, 0.25) is 17.7 Å². The monoisotopic (exact) mass is 398 g/mol. The summed E-state index contributed by atoms with van der Waals surface area (Å²) < 4.78 is 32.4. The highest BCUT2D eigenvalue weighted by Crippen LogP contribution is 2.23. The van der Waals surface area contributed by atoms with Gasteiger partial charge in [0.25, 0.3) is 0 Å². The van der Waals surface area contributed by atoms with Crippen molar-refractivity contribution >= 4 is 23.3 Å². The fourth-order valence-electron chi connectivity index (χ4n) is 2.43. The number of benzene rings is 2. The molecule has 1 heterocycles. The molecule has 0 aliphatic carbocycles. The Bertz CT molecular complexity index is 1040. The summed E-state index contributed by atoms with van der Waals surface area (Å²) in [5.74, 6) is -1.82. The third kappa shape index (κ3) is 5.55. The second kappa shape index (κ2) is 8.87. The number of carbonyl (C=O) groups is 2. The van der Waals surface area contributed by atoms with Crippen LogP contribution < -0.4 is 15.4 Å². The van der Waals surface area contributed by atoms with Crippen molar-refractivity contribution in [2.24, 2.45) is 0 Å². The molecule has 2 amide bonds. The van der Waals surface area contributed by atoms with Gasteiger partial charge in [0.1, 0.15) is 17.9 Å². The summed E-state index contributed by atoms with van der Waals surface area (Å²) in [6, 6.07) is 11.5. The Morgan fingerprint density at radius 3 is 2.52 bits per heavy atom. The van der Waals surface area contributed by atoms with Crippen LogP contribution in [0.2, 0.25) is 0 Å². The van der Waals surface area contributed by atoms with E-state index in [1.807, 2.05) is 0 Å². The number of hydrogen-bond donors (Lipinski definition) is 2. The van der Waals surface area contributed by atoms with Gasteiger partial charge in [-0.2, -0.15) is 0 Å². The van der Waals surface area contributed by atoms with Crippen molar-refractivity contribution in [2.45, 2.75) is 13.3 Å². The molecule has 0 saturated heterocycles. The van der Waals surface area contributed by atoms with Gasteiger partial charge in [0.15, 0.2) is 11.6 Å². The summed E-state index contributed by atoms with van der Waals surface area (Å²) in [5.41, 5.74) is 0.432. The highest BCUT2D eigenvalue weighted by molar-refractivity contribution is 5.92. The predicted octanol–water partition coefficient (Wildman–Crippen LogP) is 3.69. The minimum atomic E-state index is -1.03. The summed E-state index contributed by atoms with van der Waals surface area (Å²) in [4.78, 5) is 31.0. The van der Waals surface area contributed by atoms with Crippen molar-refractivity contribution in [3.8, 4) is 11.6 Å². The van der Waals surface area contributed by atoms with Crippen molar-refractivity contribution in [3.05, 3.63) is 72.1 Å². The molecule has 0 atom stereocenters. The van der Waals surface area contributed by atoms with Crippen LogP contribution in [-0.4, -0.2) is 21.8 Å². The number of rotatable bonds is 6. The molecule has 9 heteroatoms. The van der Waals surface area contributed by atoms with Gasteiger partial charge in [0.05, 0.1) is 6.42 Å². The first kappa shape index (κ1) is 19.9. The smallest absolute Gasteiger partial charge is 0.228 e. The SMILES string of the molecule is CC(=O)Nc1cc(Oc2ccc(NC(=O)Cc3cccc(F)c3F)cc2)ncn1. The van der Waals surface area contributed by atoms with E-state index in [2.05, 4.69) is 20.6 Å². The molecule has 2 N–H and O–H groups in total. The molecule has 0 radical (unpaired) electrons. The second-order valence-corrected chi connectivity index (χ2v) is 5.99. The maximum absolute atomic E-state index is 13.7. The van der Waals surface area contributed by atoms with Gasteiger partial charge >= 0.3 is 0 Å². The number of halogens is 2. The summed E-state index contributed by atoms with van der Waals surface area (Å²) >= 11 is 0. The fourth-order valence-corrected chi connectivity index (χ4v) is 2.43. The van der Waals surface area contributed by atoms with E-state index in [4.69, 9.17) is 4.74 Å². The lowest BCUT2D eigenvalue weighted by Crippen LogP contribution is -2.15. The van der Waals surface area contributed by atoms with Crippen LogP contribution in [0.1, 0.15) is 12.5 Å². The number of carbonyl (C=O) groups excluding carboxylic acids is 2. The maximum Gasteiger partial charge on any atom is 0.228 e. The molecule has 0 saturated carbocycles. The first-order chi connectivity index (χ1) is 13.9. The van der Waals surface area contributed by atoms with Crippen LogP contribution in [0.15, 0.2) is 54.9 Å². The van der Waals surface area contributed by atoms with Crippen molar-refractivity contribution < 1.29 is 23.1 Å². The number of hydrogen-bond acceptors (Lipinski definition) is 5. The van der Waals surface area contributed by atoms with E-state index in [1.54, 1.807) is 24.3 Å². The predicted molar refractivity (Wildman–Crippen MR) is 102 cm³/mol. The zero-order chi connectivity index (χ0) is 20.8. The van der Waals surface area contributed by atoms with Gasteiger partial charge in [-0.1, -0.05) is 12.1 Å². The van der Waals surface area contributed by atoms with E-state index >= 15 is 0 Å². The Labute approximate surface area is 164 Å². The lowest BCUT2D eigenvalue weighted by Gasteiger charge is -2.09. The van der Waals surface area contributed by atoms with E-state index < -0.39 is 17.5 Å². The Morgan fingerprint density at radius 2 is 1.79 bits per heavy atom. The lowest BCUT2D eigenvalue weighted by molar-refractivity contribution is -0.116. The minimum Gasteiger partial charge on any atom is -0.439 e. The van der Waals surface area contributed by atoms with E-state index in [-0.39, 0.29) is 23.8 Å². The number of ether oxygens (including phenoxy) is 1. The van der Waals surface area contributed by atoms with Crippen LogP contribution in [0.3, 0.4) is 0 Å². The van der Waals surface area contributed by atoms with E-state index in [0.717, 1.165) is 6.07 Å². The first-order valence-electron chi connectivity index (χ1n) is 8.51. The van der Waals surface area contributed by atoms with Crippen molar-refractivity contribution in [1.29, 1.82) is 0 Å². The average Bonchev–Trinajstić information content (AvgIpc) is 2.67. The number of nitrogens with zero attached hydrogens (tertiary/aromatic N) is 2. The van der Waals surface area contributed by atoms with Crippen molar-refractivity contribution in [1.82, 2.24) is 9.97 Å². The quantitative estimate of drug-likeness (QED) is 0.661. The van der Waals surface area contributed by atoms with Gasteiger partial charge in [-0.25, -0.2) is 18.7 Å². The maximum atomic E-state index is 13.7. The molecule has 0 unspecified atom stereocenters. The molecule has 29 heavy (non-hydrogen) atoms. The zero-order valence-electron chi connectivity index (χ0n) is 15.3. The Balaban J connectivity index is 1.61. The topological polar surface area (TPSA) is 93.2 Å². The van der Waals surface area contributed by atoms with E-state index in [1.165, 1.54) is 31.5 Å². The van der Waals surface area contributed by atoms with Crippen molar-refractivity contribution in [2.75, 3.05) is 10.6 Å². The van der Waals surface area contributed by atoms with Crippen molar-refractivity contribution in [3.63, 3.8) is 0 Å². The molecule has 1 aromatic heterocycles. The normalized spacial score (nSPS) is 10.3. The van der Waals surface area contributed by atoms with Crippen LogP contribution in [0.25, 0.3) is 0 Å². The molecule has 0 bridgehead atoms. The molecule has 3 aromatic rings. The third-order valence-electron chi connectivity index (χ3n) is 3.69. The average molecular weight is 398 g/mol. The van der Waals surface area contributed by atoms with Gasteiger partial charge in [-0.3, -0.25) is 9.59 Å². The molecule has 2 aromatic carbocycles. The zero-order valence-corrected chi connectivity index (χ0v) is 15.3. The summed E-state index contributed by atoms with van der Waals surface area (Å²) in [6.45, 7) is 1.36. The molecule has 0 aliphatic rings. The molecule has 3 rings (SSSR count). The van der Waals surface area contributed by atoms with Crippen LogP contribution >= 0.6 is 0 Å². The van der Waals surface area contributed by atoms with Gasteiger partial charge in [0, 0.05) is 24.2 Å². The molecule has 0 aliphatic heterocycles. The standard InChI is InChI=1S/C20H16F2N4O3/c1-12(27)25-17-10-19(24-11-23-17)29-15-7-5-14(6-8-15)26-18(28)9-13-3-2-4-16(21)20(13)22/h2-8,10-11H,9H2,1H3,(H,26,28)(H,23,24,25,27). The Morgan fingerprint density at radius 1 is 1.03 bits per heavy atom. The highest BCUT2D eigenvalue weighted by Gasteiger charge is 2.12. The molecule has 7 nitrogen and oxygen atoms in total. The number of nitrogens with one attached hydrogen (secondary N) is 2. The minimum absolute atomic E-state index is 0.0267. The van der Waals surface area contributed by atoms with Crippen LogP contribution in [0.5, 0.6) is 11.6 Å². The fraction of sp³-hybridized carbons (Fsp3) is 0.100. The molecule has 148 valence electrons. The number of amides is 2. The highest BCUT2D eigenvalue weighted by atomic mass is 19.2. The van der Waals surface area contributed by atoms with Gasteiger partial charge in [-0.05, 0) is 30.3 Å². The second-order valence-electron chi connectivity index (χ2n) is 5.99. The van der Waals surface area contributed by atoms with E-state index in [9.17, 15) is 18.4 Å². The molecule has 0 spiro atoms.